The molecule has 0 bridgehead atoms. The number of halogens is 2. The van der Waals surface area contributed by atoms with Crippen LogP contribution in [0.15, 0.2) is 48.8 Å². The minimum Gasteiger partial charge on any atom is -0.319 e. The van der Waals surface area contributed by atoms with E-state index in [-0.39, 0.29) is 0 Å². The van der Waals surface area contributed by atoms with Gasteiger partial charge in [-0.1, -0.05) is 30.0 Å². The quantitative estimate of drug-likeness (QED) is 0.619. The second kappa shape index (κ2) is 5.14. The molecule has 20 heavy (non-hydrogen) atoms. The number of imidazole rings is 1. The van der Waals surface area contributed by atoms with Crippen LogP contribution in [0.2, 0.25) is 0 Å². The van der Waals surface area contributed by atoms with Crippen LogP contribution in [0.3, 0.4) is 0 Å². The Morgan fingerprint density at radius 2 is 1.80 bits per heavy atom. The molecule has 98 valence electrons. The third-order valence-corrected chi connectivity index (χ3v) is 2.92. The molecule has 0 N–H and O–H groups in total. The molecule has 3 rings (SSSR count). The first-order valence-corrected chi connectivity index (χ1v) is 6.08. The minimum absolute atomic E-state index is 0.371. The lowest BCUT2D eigenvalue weighted by Crippen LogP contribution is -1.94. The molecule has 0 aliphatic heterocycles. The molecule has 2 aromatic carbocycles. The Kier molecular flexibility index (Phi) is 3.18. The van der Waals surface area contributed by atoms with Crippen molar-refractivity contribution in [3.05, 3.63) is 66.0 Å². The lowest BCUT2D eigenvalue weighted by Gasteiger charge is -1.98. The van der Waals surface area contributed by atoms with Gasteiger partial charge in [0.25, 0.3) is 0 Å². The summed E-state index contributed by atoms with van der Waals surface area (Å²) in [5.41, 5.74) is 1.87. The second-order valence-corrected chi connectivity index (χ2v) is 4.30. The van der Waals surface area contributed by atoms with Crippen LogP contribution in [0.25, 0.3) is 11.0 Å². The van der Waals surface area contributed by atoms with E-state index in [9.17, 15) is 8.78 Å². The van der Waals surface area contributed by atoms with E-state index in [0.29, 0.717) is 17.6 Å². The molecule has 0 amide bonds. The zero-order chi connectivity index (χ0) is 13.9. The van der Waals surface area contributed by atoms with E-state index in [1.54, 1.807) is 4.57 Å². The van der Waals surface area contributed by atoms with Crippen LogP contribution in [-0.2, 0) is 6.54 Å². The Hall–Kier alpha value is -2.67. The van der Waals surface area contributed by atoms with Gasteiger partial charge in [-0.3, -0.25) is 0 Å². The monoisotopic (exact) mass is 268 g/mol. The van der Waals surface area contributed by atoms with Crippen molar-refractivity contribution in [3.8, 4) is 11.8 Å². The predicted octanol–water partition coefficient (Wildman–Crippen LogP) is 3.37. The third-order valence-electron chi connectivity index (χ3n) is 2.92. The fraction of sp³-hybridized carbons (Fsp3) is 0.0625. The van der Waals surface area contributed by atoms with Crippen molar-refractivity contribution in [1.82, 2.24) is 9.55 Å². The standard InChI is InChI=1S/C16H10F2N2/c17-13-9-15-16(10-14(13)18)20(11-19-15)8-4-7-12-5-2-1-3-6-12/h1-3,5-6,9-11H,8H2. The van der Waals surface area contributed by atoms with Crippen LogP contribution in [0.1, 0.15) is 5.56 Å². The van der Waals surface area contributed by atoms with E-state index in [4.69, 9.17) is 0 Å². The Balaban J connectivity index is 1.89. The van der Waals surface area contributed by atoms with Crippen molar-refractivity contribution in [2.75, 3.05) is 0 Å². The SMILES string of the molecule is Fc1cc2ncn(CC#Cc3ccccc3)c2cc1F. The first-order valence-electron chi connectivity index (χ1n) is 6.08. The highest BCUT2D eigenvalue weighted by atomic mass is 19.2. The van der Waals surface area contributed by atoms with Gasteiger partial charge in [0, 0.05) is 17.7 Å². The summed E-state index contributed by atoms with van der Waals surface area (Å²) < 4.78 is 28.0. The highest BCUT2D eigenvalue weighted by Gasteiger charge is 2.08. The van der Waals surface area contributed by atoms with Crippen LogP contribution >= 0.6 is 0 Å². The molecule has 4 heteroatoms. The zero-order valence-corrected chi connectivity index (χ0v) is 10.5. The van der Waals surface area contributed by atoms with Crippen LogP contribution < -0.4 is 0 Å². The van der Waals surface area contributed by atoms with Gasteiger partial charge in [-0.25, -0.2) is 13.8 Å². The molecule has 0 radical (unpaired) electrons. The van der Waals surface area contributed by atoms with Gasteiger partial charge in [0.2, 0.25) is 0 Å². The molecule has 0 unspecified atom stereocenters. The molecule has 1 heterocycles. The first-order chi connectivity index (χ1) is 9.74. The summed E-state index contributed by atoms with van der Waals surface area (Å²) >= 11 is 0. The molecule has 0 aliphatic carbocycles. The van der Waals surface area contributed by atoms with E-state index in [1.165, 1.54) is 6.33 Å². The molecule has 0 saturated heterocycles. The number of nitrogens with zero attached hydrogens (tertiary/aromatic N) is 2. The fourth-order valence-corrected chi connectivity index (χ4v) is 1.93. The summed E-state index contributed by atoms with van der Waals surface area (Å²) in [6, 6.07) is 11.8. The lowest BCUT2D eigenvalue weighted by atomic mass is 10.2. The van der Waals surface area contributed by atoms with Gasteiger partial charge in [-0.05, 0) is 12.1 Å². The van der Waals surface area contributed by atoms with Gasteiger partial charge in [-0.2, -0.15) is 0 Å². The highest BCUT2D eigenvalue weighted by Crippen LogP contribution is 2.17. The molecular formula is C16H10F2N2. The summed E-state index contributed by atoms with van der Waals surface area (Å²) in [5.74, 6) is 4.22. The van der Waals surface area contributed by atoms with E-state index < -0.39 is 11.6 Å². The van der Waals surface area contributed by atoms with Crippen molar-refractivity contribution in [2.45, 2.75) is 6.54 Å². The molecule has 0 saturated carbocycles. The fourth-order valence-electron chi connectivity index (χ4n) is 1.93. The predicted molar refractivity (Wildman–Crippen MR) is 73.0 cm³/mol. The Labute approximate surface area is 114 Å². The maximum atomic E-state index is 13.2. The summed E-state index contributed by atoms with van der Waals surface area (Å²) in [5, 5.41) is 0. The van der Waals surface area contributed by atoms with E-state index >= 15 is 0 Å². The molecule has 0 aliphatic rings. The van der Waals surface area contributed by atoms with Crippen molar-refractivity contribution in [2.24, 2.45) is 0 Å². The first kappa shape index (κ1) is 12.4. The van der Waals surface area contributed by atoms with Crippen LogP contribution in [-0.4, -0.2) is 9.55 Å². The summed E-state index contributed by atoms with van der Waals surface area (Å²) in [6.45, 7) is 0.371. The molecule has 0 spiro atoms. The van der Waals surface area contributed by atoms with Crippen molar-refractivity contribution in [3.63, 3.8) is 0 Å². The van der Waals surface area contributed by atoms with Gasteiger partial charge < -0.3 is 4.57 Å². The van der Waals surface area contributed by atoms with Gasteiger partial charge in [0.1, 0.15) is 0 Å². The molecule has 0 atom stereocenters. The average molecular weight is 268 g/mol. The number of hydrogen-bond donors (Lipinski definition) is 0. The minimum atomic E-state index is -0.891. The summed E-state index contributed by atoms with van der Waals surface area (Å²) in [4.78, 5) is 4.03. The average Bonchev–Trinajstić information content (AvgIpc) is 2.83. The Morgan fingerprint density at radius 3 is 2.60 bits per heavy atom. The van der Waals surface area contributed by atoms with Gasteiger partial charge in [0.15, 0.2) is 11.6 Å². The summed E-state index contributed by atoms with van der Waals surface area (Å²) in [7, 11) is 0. The number of fused-ring (bicyclic) bond motifs is 1. The zero-order valence-electron chi connectivity index (χ0n) is 10.5. The molecular weight excluding hydrogens is 258 g/mol. The highest BCUT2D eigenvalue weighted by molar-refractivity contribution is 5.75. The number of hydrogen-bond acceptors (Lipinski definition) is 1. The van der Waals surface area contributed by atoms with Crippen LogP contribution in [0, 0.1) is 23.5 Å². The molecule has 2 nitrogen and oxygen atoms in total. The van der Waals surface area contributed by atoms with Crippen LogP contribution in [0.5, 0.6) is 0 Å². The second-order valence-electron chi connectivity index (χ2n) is 4.30. The topological polar surface area (TPSA) is 17.8 Å². The van der Waals surface area contributed by atoms with Crippen molar-refractivity contribution in [1.29, 1.82) is 0 Å². The Morgan fingerprint density at radius 1 is 1.05 bits per heavy atom. The maximum Gasteiger partial charge on any atom is 0.161 e. The van der Waals surface area contributed by atoms with Crippen molar-refractivity contribution < 1.29 is 8.78 Å². The van der Waals surface area contributed by atoms with Gasteiger partial charge >= 0.3 is 0 Å². The number of rotatable bonds is 1. The normalized spacial score (nSPS) is 10.3. The summed E-state index contributed by atoms with van der Waals surface area (Å²) in [6.07, 6.45) is 1.53. The van der Waals surface area contributed by atoms with E-state index in [0.717, 1.165) is 17.7 Å². The smallest absolute Gasteiger partial charge is 0.161 e. The molecule has 3 aromatic rings. The van der Waals surface area contributed by atoms with Gasteiger partial charge in [0.05, 0.1) is 23.9 Å². The number of benzene rings is 2. The maximum absolute atomic E-state index is 13.2. The number of aromatic nitrogens is 2. The molecule has 0 fully saturated rings. The largest absolute Gasteiger partial charge is 0.319 e. The van der Waals surface area contributed by atoms with Crippen LogP contribution in [0.4, 0.5) is 8.78 Å². The Bertz CT molecular complexity index is 811. The van der Waals surface area contributed by atoms with Gasteiger partial charge in [-0.15, -0.1) is 0 Å². The molecule has 1 aromatic heterocycles. The third kappa shape index (κ3) is 2.39. The van der Waals surface area contributed by atoms with Crippen molar-refractivity contribution >= 4 is 11.0 Å². The van der Waals surface area contributed by atoms with E-state index in [2.05, 4.69) is 16.8 Å². The lowest BCUT2D eigenvalue weighted by molar-refractivity contribution is 0.510. The van der Waals surface area contributed by atoms with E-state index in [1.807, 2.05) is 30.3 Å².